The van der Waals surface area contributed by atoms with Gasteiger partial charge in [-0.2, -0.15) is 0 Å². The van der Waals surface area contributed by atoms with Crippen LogP contribution in [0.25, 0.3) is 0 Å². The standard InChI is InChI=1S/C22H24O2/c23-21(19-13-7-5-8-14-19)17-11-3-1-2-4-12-18-22(24)20-15-9-6-10-16-20/h5-10,13,15H,1-4,11-12,17-18H2. The number of hydrogen-bond donors (Lipinski definition) is 0. The van der Waals surface area contributed by atoms with Gasteiger partial charge in [-0.05, 0) is 25.0 Å². The molecule has 0 spiro atoms. The summed E-state index contributed by atoms with van der Waals surface area (Å²) >= 11 is 0. The minimum Gasteiger partial charge on any atom is -0.294 e. The molecule has 0 unspecified atom stereocenters. The highest BCUT2D eigenvalue weighted by molar-refractivity contribution is 5.96. The SMILES string of the molecule is O=C(CCCCCCCCC(=O)c1[c]cccc1)c1[c]cccc1. The zero-order valence-electron chi connectivity index (χ0n) is 14.1. The third kappa shape index (κ3) is 6.49. The molecule has 0 aliphatic carbocycles. The van der Waals surface area contributed by atoms with Crippen molar-refractivity contribution in [2.45, 2.75) is 51.4 Å². The average Bonchev–Trinajstić information content (AvgIpc) is 2.65. The van der Waals surface area contributed by atoms with Crippen molar-refractivity contribution < 1.29 is 9.59 Å². The largest absolute Gasteiger partial charge is 0.294 e. The molecule has 0 heterocycles. The van der Waals surface area contributed by atoms with Crippen LogP contribution in [0, 0.1) is 12.1 Å². The lowest BCUT2D eigenvalue weighted by Crippen LogP contribution is -1.99. The zero-order chi connectivity index (χ0) is 17.0. The first-order valence-electron chi connectivity index (χ1n) is 8.77. The molecule has 2 nitrogen and oxygen atoms in total. The molecule has 0 amide bonds. The molecule has 0 aliphatic rings. The van der Waals surface area contributed by atoms with Gasteiger partial charge in [0.2, 0.25) is 0 Å². The molecule has 0 aliphatic heterocycles. The fraction of sp³-hybridized carbons (Fsp3) is 0.364. The first kappa shape index (κ1) is 18.1. The monoisotopic (exact) mass is 320 g/mol. The van der Waals surface area contributed by atoms with Crippen molar-refractivity contribution in [3.8, 4) is 0 Å². The third-order valence-corrected chi connectivity index (χ3v) is 4.08. The van der Waals surface area contributed by atoms with E-state index in [1.165, 1.54) is 0 Å². The fourth-order valence-corrected chi connectivity index (χ4v) is 2.68. The predicted molar refractivity (Wildman–Crippen MR) is 96.2 cm³/mol. The normalized spacial score (nSPS) is 10.5. The van der Waals surface area contributed by atoms with Crippen LogP contribution in [0.15, 0.2) is 48.5 Å². The summed E-state index contributed by atoms with van der Waals surface area (Å²) in [5.41, 5.74) is 1.38. The van der Waals surface area contributed by atoms with E-state index in [-0.39, 0.29) is 11.6 Å². The molecule has 0 aromatic heterocycles. The Balaban J connectivity index is 1.48. The van der Waals surface area contributed by atoms with Crippen molar-refractivity contribution in [3.63, 3.8) is 0 Å². The van der Waals surface area contributed by atoms with E-state index in [1.807, 2.05) is 36.4 Å². The van der Waals surface area contributed by atoms with E-state index in [2.05, 4.69) is 12.1 Å². The Morgan fingerprint density at radius 2 is 1.04 bits per heavy atom. The van der Waals surface area contributed by atoms with E-state index in [0.717, 1.165) is 38.5 Å². The van der Waals surface area contributed by atoms with Gasteiger partial charge in [0, 0.05) is 24.0 Å². The second-order valence-electron chi connectivity index (χ2n) is 6.02. The Labute approximate surface area is 144 Å². The molecule has 0 atom stereocenters. The number of Topliss-reactive ketones (excluding diaryl/α,β-unsaturated/α-hetero) is 2. The lowest BCUT2D eigenvalue weighted by molar-refractivity contribution is 0.0969. The number of benzene rings is 2. The summed E-state index contributed by atoms with van der Waals surface area (Å²) in [4.78, 5) is 23.8. The van der Waals surface area contributed by atoms with Crippen LogP contribution in [-0.2, 0) is 0 Å². The highest BCUT2D eigenvalue weighted by Crippen LogP contribution is 2.12. The summed E-state index contributed by atoms with van der Waals surface area (Å²) < 4.78 is 0. The number of unbranched alkanes of at least 4 members (excludes halogenated alkanes) is 5. The zero-order valence-corrected chi connectivity index (χ0v) is 14.1. The Hall–Kier alpha value is -2.22. The Morgan fingerprint density at radius 1 is 0.625 bits per heavy atom. The van der Waals surface area contributed by atoms with Crippen LogP contribution in [0.2, 0.25) is 0 Å². The number of carbonyl (C=O) groups excluding carboxylic acids is 2. The van der Waals surface area contributed by atoms with Crippen LogP contribution in [-0.4, -0.2) is 11.6 Å². The van der Waals surface area contributed by atoms with E-state index in [4.69, 9.17) is 0 Å². The van der Waals surface area contributed by atoms with Gasteiger partial charge in [0.1, 0.15) is 0 Å². The van der Waals surface area contributed by atoms with Gasteiger partial charge in [0.05, 0.1) is 0 Å². The van der Waals surface area contributed by atoms with E-state index in [1.54, 1.807) is 12.1 Å². The maximum absolute atomic E-state index is 11.9. The second kappa shape index (κ2) is 10.5. The van der Waals surface area contributed by atoms with Gasteiger partial charge in [0.25, 0.3) is 0 Å². The third-order valence-electron chi connectivity index (χ3n) is 4.08. The molecule has 0 N–H and O–H groups in total. The van der Waals surface area contributed by atoms with Gasteiger partial charge in [-0.3, -0.25) is 9.59 Å². The molecule has 2 heteroatoms. The molecular weight excluding hydrogens is 296 g/mol. The smallest absolute Gasteiger partial charge is 0.163 e. The first-order valence-corrected chi connectivity index (χ1v) is 8.77. The summed E-state index contributed by atoms with van der Waals surface area (Å²) in [5, 5.41) is 0. The average molecular weight is 320 g/mol. The van der Waals surface area contributed by atoms with E-state index >= 15 is 0 Å². The number of rotatable bonds is 11. The van der Waals surface area contributed by atoms with Gasteiger partial charge in [-0.25, -0.2) is 0 Å². The first-order chi connectivity index (χ1) is 11.8. The number of ketones is 2. The van der Waals surface area contributed by atoms with Crippen molar-refractivity contribution in [1.29, 1.82) is 0 Å². The van der Waals surface area contributed by atoms with Gasteiger partial charge in [-0.15, -0.1) is 0 Å². The molecule has 0 bridgehead atoms. The van der Waals surface area contributed by atoms with Crippen molar-refractivity contribution in [2.75, 3.05) is 0 Å². The highest BCUT2D eigenvalue weighted by atomic mass is 16.1. The molecule has 2 rings (SSSR count). The molecule has 0 fully saturated rings. The quantitative estimate of drug-likeness (QED) is 0.406. The molecule has 2 aromatic carbocycles. The van der Waals surface area contributed by atoms with Gasteiger partial charge >= 0.3 is 0 Å². The van der Waals surface area contributed by atoms with Crippen LogP contribution in [0.3, 0.4) is 0 Å². The van der Waals surface area contributed by atoms with Gasteiger partial charge < -0.3 is 0 Å². The minimum atomic E-state index is 0.181. The van der Waals surface area contributed by atoms with E-state index in [9.17, 15) is 9.59 Å². The summed E-state index contributed by atoms with van der Waals surface area (Å²) in [5.74, 6) is 0.362. The van der Waals surface area contributed by atoms with Crippen molar-refractivity contribution in [2.24, 2.45) is 0 Å². The van der Waals surface area contributed by atoms with Crippen LogP contribution in [0.4, 0.5) is 0 Å². The highest BCUT2D eigenvalue weighted by Gasteiger charge is 2.06. The molecule has 124 valence electrons. The fourth-order valence-electron chi connectivity index (χ4n) is 2.68. The molecule has 2 aromatic rings. The predicted octanol–water partition coefficient (Wildman–Crippen LogP) is 5.47. The van der Waals surface area contributed by atoms with E-state index in [0.29, 0.717) is 24.0 Å². The van der Waals surface area contributed by atoms with E-state index < -0.39 is 0 Å². The van der Waals surface area contributed by atoms with Crippen LogP contribution in [0.5, 0.6) is 0 Å². The van der Waals surface area contributed by atoms with Gasteiger partial charge in [0.15, 0.2) is 11.6 Å². The Morgan fingerprint density at radius 3 is 1.42 bits per heavy atom. The summed E-state index contributed by atoms with van der Waals surface area (Å²) in [6.45, 7) is 0. The van der Waals surface area contributed by atoms with Crippen LogP contribution < -0.4 is 0 Å². The summed E-state index contributed by atoms with van der Waals surface area (Å²) in [6, 6.07) is 20.7. The molecular formula is C22H24O2. The lowest BCUT2D eigenvalue weighted by atomic mass is 10.0. The Bertz CT molecular complexity index is 559. The molecule has 2 radical (unpaired) electrons. The van der Waals surface area contributed by atoms with Gasteiger partial charge in [-0.1, -0.05) is 74.2 Å². The van der Waals surface area contributed by atoms with Crippen molar-refractivity contribution >= 4 is 11.6 Å². The topological polar surface area (TPSA) is 34.1 Å². The molecule has 0 saturated carbocycles. The maximum Gasteiger partial charge on any atom is 0.163 e. The number of carbonyl (C=O) groups is 2. The summed E-state index contributed by atoms with van der Waals surface area (Å²) in [7, 11) is 0. The van der Waals surface area contributed by atoms with Crippen molar-refractivity contribution in [3.05, 3.63) is 71.8 Å². The number of hydrogen-bond acceptors (Lipinski definition) is 2. The van der Waals surface area contributed by atoms with Crippen LogP contribution >= 0.6 is 0 Å². The molecule has 0 saturated heterocycles. The minimum absolute atomic E-state index is 0.181. The second-order valence-corrected chi connectivity index (χ2v) is 6.02. The van der Waals surface area contributed by atoms with Crippen molar-refractivity contribution in [1.82, 2.24) is 0 Å². The summed E-state index contributed by atoms with van der Waals surface area (Å²) in [6.07, 6.45) is 7.44. The lowest BCUT2D eigenvalue weighted by Gasteiger charge is -2.03. The van der Waals surface area contributed by atoms with Crippen LogP contribution in [0.1, 0.15) is 72.1 Å². The molecule has 24 heavy (non-hydrogen) atoms. The Kier molecular flexibility index (Phi) is 7.96. The maximum atomic E-state index is 11.9.